The molecular weight excluding hydrogens is 539 g/mol. The van der Waals surface area contributed by atoms with Gasteiger partial charge in [-0.3, -0.25) is 9.69 Å². The van der Waals surface area contributed by atoms with Crippen LogP contribution < -0.4 is 15.8 Å². The number of pyridine rings is 1. The van der Waals surface area contributed by atoms with Gasteiger partial charge in [-0.1, -0.05) is 23.7 Å². The molecule has 2 N–H and O–H groups in total. The molecule has 0 atom stereocenters. The molecule has 3 heterocycles. The average molecular weight is 571 g/mol. The summed E-state index contributed by atoms with van der Waals surface area (Å²) in [6, 6.07) is 16.5. The number of nitrogens with zero attached hydrogens (tertiary/aromatic N) is 4. The smallest absolute Gasteiger partial charge is 0.258 e. The lowest BCUT2D eigenvalue weighted by atomic mass is 10.0. The predicted octanol–water partition coefficient (Wildman–Crippen LogP) is 6.40. The van der Waals surface area contributed by atoms with Gasteiger partial charge in [0.05, 0.1) is 16.4 Å². The molecule has 41 heavy (non-hydrogen) atoms. The first-order valence-electron chi connectivity index (χ1n) is 13.7. The number of nitrogens with one attached hydrogen (secondary N) is 2. The van der Waals surface area contributed by atoms with Crippen LogP contribution in [0.25, 0.3) is 27.9 Å². The van der Waals surface area contributed by atoms with Crippen LogP contribution in [-0.2, 0) is 7.05 Å². The summed E-state index contributed by atoms with van der Waals surface area (Å²) in [6.45, 7) is 8.53. The van der Waals surface area contributed by atoms with Crippen molar-refractivity contribution in [3.8, 4) is 0 Å². The molecule has 1 fully saturated rings. The van der Waals surface area contributed by atoms with Gasteiger partial charge in [0.25, 0.3) is 5.56 Å². The number of piperazine rings is 1. The second-order valence-corrected chi connectivity index (χ2v) is 11.0. The molecular formula is C32H32ClFN6O. The molecule has 7 nitrogen and oxygen atoms in total. The van der Waals surface area contributed by atoms with Crippen LogP contribution in [-0.4, -0.2) is 52.2 Å². The lowest BCUT2D eigenvalue weighted by molar-refractivity contribution is 0.284. The fourth-order valence-electron chi connectivity index (χ4n) is 5.60. The fraction of sp³-hybridized carbons (Fsp3) is 0.250. The highest BCUT2D eigenvalue weighted by Crippen LogP contribution is 2.30. The molecule has 0 aliphatic carbocycles. The highest BCUT2D eigenvalue weighted by molar-refractivity contribution is 6.30. The summed E-state index contributed by atoms with van der Waals surface area (Å²) in [4.78, 5) is 26.0. The van der Waals surface area contributed by atoms with Crippen molar-refractivity contribution in [2.45, 2.75) is 13.8 Å². The van der Waals surface area contributed by atoms with Gasteiger partial charge in [0.15, 0.2) is 0 Å². The number of aryl methyl sites for hydroxylation is 3. The molecule has 0 radical (unpaired) electrons. The molecule has 6 rings (SSSR count). The van der Waals surface area contributed by atoms with Gasteiger partial charge in [-0.2, -0.15) is 0 Å². The molecule has 3 aromatic carbocycles. The van der Waals surface area contributed by atoms with E-state index in [2.05, 4.69) is 38.3 Å². The number of halogens is 2. The van der Waals surface area contributed by atoms with E-state index in [0.717, 1.165) is 71.2 Å². The Morgan fingerprint density at radius 1 is 1.05 bits per heavy atom. The molecule has 0 unspecified atom stereocenters. The van der Waals surface area contributed by atoms with E-state index in [9.17, 15) is 9.18 Å². The van der Waals surface area contributed by atoms with Crippen LogP contribution in [0, 0.1) is 19.7 Å². The van der Waals surface area contributed by atoms with Crippen molar-refractivity contribution in [2.24, 2.45) is 7.05 Å². The molecule has 9 heteroatoms. The van der Waals surface area contributed by atoms with Crippen molar-refractivity contribution in [3.05, 3.63) is 98.7 Å². The van der Waals surface area contributed by atoms with Crippen molar-refractivity contribution in [1.29, 1.82) is 0 Å². The fourth-order valence-corrected chi connectivity index (χ4v) is 5.72. The average Bonchev–Trinajstić information content (AvgIpc) is 3.28. The van der Waals surface area contributed by atoms with E-state index < -0.39 is 0 Å². The first kappa shape index (κ1) is 27.1. The molecule has 1 saturated heterocycles. The van der Waals surface area contributed by atoms with E-state index in [0.29, 0.717) is 16.9 Å². The van der Waals surface area contributed by atoms with E-state index in [1.54, 1.807) is 6.07 Å². The van der Waals surface area contributed by atoms with E-state index >= 15 is 0 Å². The molecule has 0 bridgehead atoms. The van der Waals surface area contributed by atoms with Crippen LogP contribution in [0.15, 0.2) is 65.5 Å². The second-order valence-electron chi connectivity index (χ2n) is 10.6. The van der Waals surface area contributed by atoms with Gasteiger partial charge in [0.2, 0.25) is 5.95 Å². The number of rotatable bonds is 6. The molecule has 0 amide bonds. The van der Waals surface area contributed by atoms with E-state index in [-0.39, 0.29) is 11.4 Å². The summed E-state index contributed by atoms with van der Waals surface area (Å²) in [6.07, 6.45) is 4.14. The van der Waals surface area contributed by atoms with Crippen LogP contribution in [0.2, 0.25) is 5.02 Å². The summed E-state index contributed by atoms with van der Waals surface area (Å²) in [5.41, 5.74) is 5.87. The Kier molecular flexibility index (Phi) is 7.28. The van der Waals surface area contributed by atoms with E-state index in [1.807, 2.05) is 55.8 Å². The van der Waals surface area contributed by atoms with E-state index in [4.69, 9.17) is 16.6 Å². The van der Waals surface area contributed by atoms with Crippen LogP contribution in [0.1, 0.15) is 16.8 Å². The minimum atomic E-state index is -0.285. The third kappa shape index (κ3) is 5.33. The lowest BCUT2D eigenvalue weighted by Gasteiger charge is -2.35. The summed E-state index contributed by atoms with van der Waals surface area (Å²) in [5, 5.41) is 5.54. The zero-order chi connectivity index (χ0) is 28.7. The monoisotopic (exact) mass is 570 g/mol. The largest absolute Gasteiger partial charge is 0.369 e. The predicted molar refractivity (Wildman–Crippen MR) is 167 cm³/mol. The maximum absolute atomic E-state index is 13.6. The zero-order valence-corrected chi connectivity index (χ0v) is 24.1. The van der Waals surface area contributed by atoms with Gasteiger partial charge < -0.3 is 19.8 Å². The van der Waals surface area contributed by atoms with Crippen molar-refractivity contribution in [3.63, 3.8) is 0 Å². The Morgan fingerprint density at radius 2 is 1.80 bits per heavy atom. The summed E-state index contributed by atoms with van der Waals surface area (Å²) >= 11 is 6.03. The molecule has 5 aromatic rings. The number of anilines is 3. The third-order valence-corrected chi connectivity index (χ3v) is 8.22. The number of aromatic amines is 1. The van der Waals surface area contributed by atoms with Gasteiger partial charge >= 0.3 is 0 Å². The van der Waals surface area contributed by atoms with Gasteiger partial charge in [-0.15, -0.1) is 0 Å². The molecule has 210 valence electrons. The molecule has 1 aliphatic rings. The third-order valence-electron chi connectivity index (χ3n) is 7.97. The van der Waals surface area contributed by atoms with Crippen LogP contribution >= 0.6 is 11.6 Å². The van der Waals surface area contributed by atoms with Crippen LogP contribution in [0.3, 0.4) is 0 Å². The minimum Gasteiger partial charge on any atom is -0.369 e. The lowest BCUT2D eigenvalue weighted by Crippen LogP contribution is -2.46. The minimum absolute atomic E-state index is 0.153. The Balaban J connectivity index is 1.21. The molecule has 1 aliphatic heterocycles. The quantitative estimate of drug-likeness (QED) is 0.247. The Hall–Kier alpha value is -4.14. The van der Waals surface area contributed by atoms with Gasteiger partial charge in [-0.05, 0) is 85.0 Å². The number of aromatic nitrogens is 3. The van der Waals surface area contributed by atoms with Gasteiger partial charge in [0.1, 0.15) is 5.82 Å². The number of imidazole rings is 1. The van der Waals surface area contributed by atoms with Crippen molar-refractivity contribution in [1.82, 2.24) is 19.4 Å². The van der Waals surface area contributed by atoms with E-state index in [1.165, 1.54) is 17.8 Å². The number of hydrogen-bond acceptors (Lipinski definition) is 5. The highest BCUT2D eigenvalue weighted by Gasteiger charge is 2.18. The molecule has 0 spiro atoms. The first-order chi connectivity index (χ1) is 19.8. The van der Waals surface area contributed by atoms with Crippen LogP contribution in [0.4, 0.5) is 21.7 Å². The number of hydrogen-bond donors (Lipinski definition) is 2. The number of benzene rings is 3. The molecule has 0 saturated carbocycles. The number of fused-ring (bicyclic) bond motifs is 3. The Labute approximate surface area is 242 Å². The maximum atomic E-state index is 13.6. The Bertz CT molecular complexity index is 1830. The summed E-state index contributed by atoms with van der Waals surface area (Å²) in [7, 11) is 1.88. The maximum Gasteiger partial charge on any atom is 0.258 e. The first-order valence-corrected chi connectivity index (χ1v) is 14.1. The number of H-pyrrole nitrogens is 1. The van der Waals surface area contributed by atoms with Gasteiger partial charge in [-0.25, -0.2) is 9.37 Å². The van der Waals surface area contributed by atoms with Crippen molar-refractivity contribution < 1.29 is 4.39 Å². The van der Waals surface area contributed by atoms with Gasteiger partial charge in [0, 0.05) is 61.9 Å². The second kappa shape index (κ2) is 11.0. The normalized spacial score (nSPS) is 14.5. The SMILES string of the molecule is Cc1cc(F)ccc1Nc1nc2ccc3c(C)c(/C=C/CN4CCN(c5ccc(Cl)cc5)CC4)[nH]c(=O)c3c2n1C. The van der Waals surface area contributed by atoms with Crippen molar-refractivity contribution >= 4 is 56.8 Å². The Morgan fingerprint density at radius 3 is 2.54 bits per heavy atom. The zero-order valence-electron chi connectivity index (χ0n) is 23.3. The standard InChI is InChI=1S/C32H32ClFN6O/c1-20-19-23(34)8-12-26(20)36-32-37-28-13-11-25-21(2)27(35-31(41)29(25)30(28)38(32)3)5-4-14-39-15-17-40(18-16-39)24-9-6-22(33)7-10-24/h4-13,19H,14-18H2,1-3H3,(H,35,41)(H,36,37)/b5-4+. The molecule has 2 aromatic heterocycles. The van der Waals surface area contributed by atoms with Crippen molar-refractivity contribution in [2.75, 3.05) is 42.9 Å². The highest BCUT2D eigenvalue weighted by atomic mass is 35.5. The van der Waals surface area contributed by atoms with Crippen LogP contribution in [0.5, 0.6) is 0 Å². The summed E-state index contributed by atoms with van der Waals surface area (Å²) < 4.78 is 15.5. The summed E-state index contributed by atoms with van der Waals surface area (Å²) in [5.74, 6) is 0.298. The topological polar surface area (TPSA) is 69.2 Å².